The average Bonchev–Trinajstić information content (AvgIpc) is 2.80. The minimum absolute atomic E-state index is 0.0437. The van der Waals surface area contributed by atoms with E-state index in [9.17, 15) is 9.59 Å². The lowest BCUT2D eigenvalue weighted by Gasteiger charge is -2.08. The molecular formula is C11H18N4O4. The molecule has 2 N–H and O–H groups in total. The van der Waals surface area contributed by atoms with Crippen LogP contribution in [0.4, 0.5) is 0 Å². The molecule has 1 aromatic rings. The standard InChI is InChI=1S/C11H18N4O4/c1-8(19-2)3-4-10(16)12-5-9-6-15(14-13-9)7-11(17)18/h6,8H,3-5,7H2,1-2H3,(H,12,16)(H,17,18). The molecule has 0 fully saturated rings. The van der Waals surface area contributed by atoms with Crippen LogP contribution in [0.5, 0.6) is 0 Å². The number of ether oxygens (including phenoxy) is 1. The smallest absolute Gasteiger partial charge is 0.325 e. The first-order valence-corrected chi connectivity index (χ1v) is 5.91. The number of carboxylic acids is 1. The normalized spacial score (nSPS) is 12.1. The Morgan fingerprint density at radius 1 is 1.58 bits per heavy atom. The predicted molar refractivity (Wildman–Crippen MR) is 65.2 cm³/mol. The molecule has 19 heavy (non-hydrogen) atoms. The third-order valence-electron chi connectivity index (χ3n) is 2.53. The van der Waals surface area contributed by atoms with E-state index in [0.29, 0.717) is 18.5 Å². The van der Waals surface area contributed by atoms with Crippen LogP contribution in [-0.4, -0.2) is 45.2 Å². The van der Waals surface area contributed by atoms with Crippen LogP contribution in [0.1, 0.15) is 25.5 Å². The molecule has 1 rings (SSSR count). The Hall–Kier alpha value is -1.96. The monoisotopic (exact) mass is 270 g/mol. The van der Waals surface area contributed by atoms with Crippen LogP contribution in [0.15, 0.2) is 6.20 Å². The largest absolute Gasteiger partial charge is 0.480 e. The van der Waals surface area contributed by atoms with Gasteiger partial charge in [-0.05, 0) is 13.3 Å². The highest BCUT2D eigenvalue weighted by molar-refractivity contribution is 5.75. The maximum Gasteiger partial charge on any atom is 0.325 e. The Morgan fingerprint density at radius 3 is 2.95 bits per heavy atom. The average molecular weight is 270 g/mol. The predicted octanol–water partition coefficient (Wildman–Crippen LogP) is -0.206. The van der Waals surface area contributed by atoms with Crippen molar-refractivity contribution in [2.75, 3.05) is 7.11 Å². The van der Waals surface area contributed by atoms with E-state index in [1.807, 2.05) is 6.92 Å². The summed E-state index contributed by atoms with van der Waals surface area (Å²) < 4.78 is 6.25. The molecule has 0 bridgehead atoms. The number of carboxylic acid groups (broad SMARTS) is 1. The van der Waals surface area contributed by atoms with Gasteiger partial charge in [-0.3, -0.25) is 9.59 Å². The van der Waals surface area contributed by atoms with Gasteiger partial charge in [-0.25, -0.2) is 4.68 Å². The van der Waals surface area contributed by atoms with Crippen molar-refractivity contribution in [1.29, 1.82) is 0 Å². The van der Waals surface area contributed by atoms with Crippen LogP contribution in [0, 0.1) is 0 Å². The first kappa shape index (κ1) is 15.1. The Labute approximate surface area is 110 Å². The van der Waals surface area contributed by atoms with Gasteiger partial charge in [-0.1, -0.05) is 5.21 Å². The van der Waals surface area contributed by atoms with Gasteiger partial charge in [0.1, 0.15) is 12.2 Å². The molecule has 0 aliphatic carbocycles. The highest BCUT2D eigenvalue weighted by atomic mass is 16.5. The summed E-state index contributed by atoms with van der Waals surface area (Å²) in [5, 5.41) is 18.7. The van der Waals surface area contributed by atoms with Crippen LogP contribution in [0.3, 0.4) is 0 Å². The summed E-state index contributed by atoms with van der Waals surface area (Å²) in [5.74, 6) is -1.09. The van der Waals surface area contributed by atoms with E-state index >= 15 is 0 Å². The Balaban J connectivity index is 2.30. The Bertz CT molecular complexity index is 432. The van der Waals surface area contributed by atoms with E-state index in [2.05, 4.69) is 15.6 Å². The molecule has 1 heterocycles. The van der Waals surface area contributed by atoms with Crippen molar-refractivity contribution in [3.63, 3.8) is 0 Å². The molecular weight excluding hydrogens is 252 g/mol. The van der Waals surface area contributed by atoms with Gasteiger partial charge >= 0.3 is 5.97 Å². The fraction of sp³-hybridized carbons (Fsp3) is 0.636. The topological polar surface area (TPSA) is 106 Å². The summed E-state index contributed by atoms with van der Waals surface area (Å²) in [6.07, 6.45) is 2.56. The van der Waals surface area contributed by atoms with Crippen molar-refractivity contribution < 1.29 is 19.4 Å². The zero-order valence-corrected chi connectivity index (χ0v) is 11.0. The lowest BCUT2D eigenvalue weighted by atomic mass is 10.2. The number of aromatic nitrogens is 3. The summed E-state index contributed by atoms with van der Waals surface area (Å²) >= 11 is 0. The number of rotatable bonds is 8. The van der Waals surface area contributed by atoms with Gasteiger partial charge in [0, 0.05) is 13.5 Å². The zero-order chi connectivity index (χ0) is 14.3. The number of carbonyl (C=O) groups is 2. The van der Waals surface area contributed by atoms with Gasteiger partial charge < -0.3 is 15.2 Å². The van der Waals surface area contributed by atoms with Crippen molar-refractivity contribution in [2.24, 2.45) is 0 Å². The van der Waals surface area contributed by atoms with E-state index in [0.717, 1.165) is 0 Å². The van der Waals surface area contributed by atoms with Crippen molar-refractivity contribution in [1.82, 2.24) is 20.3 Å². The molecule has 8 nitrogen and oxygen atoms in total. The van der Waals surface area contributed by atoms with Crippen LogP contribution >= 0.6 is 0 Å². The molecule has 1 atom stereocenters. The molecule has 106 valence electrons. The van der Waals surface area contributed by atoms with Crippen LogP contribution in [-0.2, 0) is 27.4 Å². The van der Waals surface area contributed by atoms with Gasteiger partial charge in [0.2, 0.25) is 5.91 Å². The molecule has 0 aliphatic heterocycles. The third-order valence-corrected chi connectivity index (χ3v) is 2.53. The Kier molecular flexibility index (Phi) is 5.94. The first-order valence-electron chi connectivity index (χ1n) is 5.91. The second kappa shape index (κ2) is 7.47. The second-order valence-corrected chi connectivity index (χ2v) is 4.16. The zero-order valence-electron chi connectivity index (χ0n) is 11.0. The lowest BCUT2D eigenvalue weighted by molar-refractivity contribution is -0.138. The minimum atomic E-state index is -0.992. The van der Waals surface area contributed by atoms with E-state index in [4.69, 9.17) is 9.84 Å². The fourth-order valence-electron chi connectivity index (χ4n) is 1.37. The van der Waals surface area contributed by atoms with E-state index in [1.54, 1.807) is 7.11 Å². The molecule has 0 saturated heterocycles. The number of methoxy groups -OCH3 is 1. The molecule has 1 amide bonds. The van der Waals surface area contributed by atoms with Crippen molar-refractivity contribution >= 4 is 11.9 Å². The summed E-state index contributed by atoms with van der Waals surface area (Å²) in [6, 6.07) is 0. The van der Waals surface area contributed by atoms with Crippen molar-refractivity contribution in [3.05, 3.63) is 11.9 Å². The van der Waals surface area contributed by atoms with Crippen LogP contribution in [0.2, 0.25) is 0 Å². The quantitative estimate of drug-likeness (QED) is 0.677. The number of nitrogens with one attached hydrogen (secondary N) is 1. The lowest BCUT2D eigenvalue weighted by Crippen LogP contribution is -2.24. The first-order chi connectivity index (χ1) is 9.01. The van der Waals surface area contributed by atoms with Crippen LogP contribution < -0.4 is 5.32 Å². The van der Waals surface area contributed by atoms with Crippen molar-refractivity contribution in [3.8, 4) is 0 Å². The van der Waals surface area contributed by atoms with E-state index in [1.165, 1.54) is 10.9 Å². The number of amides is 1. The maximum atomic E-state index is 11.5. The van der Waals surface area contributed by atoms with Gasteiger partial charge in [0.15, 0.2) is 0 Å². The summed E-state index contributed by atoms with van der Waals surface area (Å²) in [7, 11) is 1.60. The van der Waals surface area contributed by atoms with E-state index < -0.39 is 5.97 Å². The number of hydrogen-bond donors (Lipinski definition) is 2. The highest BCUT2D eigenvalue weighted by Gasteiger charge is 2.08. The van der Waals surface area contributed by atoms with Gasteiger partial charge in [0.05, 0.1) is 18.8 Å². The third kappa shape index (κ3) is 5.96. The number of carbonyl (C=O) groups excluding carboxylic acids is 1. The number of aliphatic carboxylic acids is 1. The summed E-state index contributed by atoms with van der Waals surface area (Å²) in [4.78, 5) is 22.0. The van der Waals surface area contributed by atoms with E-state index in [-0.39, 0.29) is 25.1 Å². The molecule has 8 heteroatoms. The molecule has 0 aliphatic rings. The summed E-state index contributed by atoms with van der Waals surface area (Å²) in [5.41, 5.74) is 0.523. The molecule has 0 saturated carbocycles. The molecule has 0 aromatic carbocycles. The second-order valence-electron chi connectivity index (χ2n) is 4.16. The summed E-state index contributed by atoms with van der Waals surface area (Å²) in [6.45, 7) is 1.89. The van der Waals surface area contributed by atoms with Crippen LogP contribution in [0.25, 0.3) is 0 Å². The number of hydrogen-bond acceptors (Lipinski definition) is 5. The molecule has 0 spiro atoms. The van der Waals surface area contributed by atoms with Gasteiger partial charge in [-0.2, -0.15) is 0 Å². The van der Waals surface area contributed by atoms with Gasteiger partial charge in [-0.15, -0.1) is 5.10 Å². The van der Waals surface area contributed by atoms with Crippen molar-refractivity contribution in [2.45, 2.75) is 39.0 Å². The minimum Gasteiger partial charge on any atom is -0.480 e. The number of nitrogens with zero attached hydrogens (tertiary/aromatic N) is 3. The SMILES string of the molecule is COC(C)CCC(=O)NCc1cn(CC(=O)O)nn1. The van der Waals surface area contributed by atoms with Gasteiger partial charge in [0.25, 0.3) is 0 Å². The highest BCUT2D eigenvalue weighted by Crippen LogP contribution is 2.00. The molecule has 1 unspecified atom stereocenters. The molecule has 1 aromatic heterocycles. The Morgan fingerprint density at radius 2 is 2.32 bits per heavy atom. The maximum absolute atomic E-state index is 11.5. The fourth-order valence-corrected chi connectivity index (χ4v) is 1.37. The molecule has 0 radical (unpaired) electrons.